The molecule has 61 valence electrons. The molecule has 1 radical (unpaired) electrons. The summed E-state index contributed by atoms with van der Waals surface area (Å²) in [6, 6.07) is 3.49. The van der Waals surface area contributed by atoms with Crippen LogP contribution in [0.5, 0.6) is 0 Å². The van der Waals surface area contributed by atoms with E-state index in [-0.39, 0.29) is 5.56 Å². The maximum Gasteiger partial charge on any atom is 0.225 e. The SMILES string of the molecule is O=[C]C=Cc1c(F)cccc1F. The molecule has 0 saturated heterocycles. The van der Waals surface area contributed by atoms with Crippen LogP contribution >= 0.6 is 0 Å². The van der Waals surface area contributed by atoms with Crippen LogP contribution in [-0.2, 0) is 4.79 Å². The molecule has 0 unspecified atom stereocenters. The molecule has 0 heterocycles. The number of benzene rings is 1. The largest absolute Gasteiger partial charge is 0.286 e. The van der Waals surface area contributed by atoms with Gasteiger partial charge in [0.05, 0.1) is 0 Å². The number of halogens is 2. The highest BCUT2D eigenvalue weighted by atomic mass is 19.1. The van der Waals surface area contributed by atoms with Gasteiger partial charge in [-0.2, -0.15) is 0 Å². The topological polar surface area (TPSA) is 17.1 Å². The van der Waals surface area contributed by atoms with Crippen molar-refractivity contribution in [3.63, 3.8) is 0 Å². The maximum atomic E-state index is 12.8. The van der Waals surface area contributed by atoms with Crippen LogP contribution in [0, 0.1) is 11.6 Å². The molecule has 0 spiro atoms. The van der Waals surface area contributed by atoms with Gasteiger partial charge in [-0.05, 0) is 24.3 Å². The molecule has 0 N–H and O–H groups in total. The van der Waals surface area contributed by atoms with Crippen LogP contribution < -0.4 is 0 Å². The van der Waals surface area contributed by atoms with Crippen molar-refractivity contribution in [1.29, 1.82) is 0 Å². The van der Waals surface area contributed by atoms with Gasteiger partial charge in [0.1, 0.15) is 11.6 Å². The maximum absolute atomic E-state index is 12.8. The van der Waals surface area contributed by atoms with Gasteiger partial charge in [-0.1, -0.05) is 6.07 Å². The van der Waals surface area contributed by atoms with Crippen molar-refractivity contribution in [2.75, 3.05) is 0 Å². The van der Waals surface area contributed by atoms with Crippen LogP contribution in [0.2, 0.25) is 0 Å². The van der Waals surface area contributed by atoms with E-state index in [0.29, 0.717) is 0 Å². The molecule has 1 aromatic rings. The molecule has 0 fully saturated rings. The fraction of sp³-hybridized carbons (Fsp3) is 0. The van der Waals surface area contributed by atoms with Gasteiger partial charge in [-0.15, -0.1) is 0 Å². The number of rotatable bonds is 2. The van der Waals surface area contributed by atoms with Gasteiger partial charge < -0.3 is 0 Å². The average Bonchev–Trinajstić information content (AvgIpc) is 2.04. The van der Waals surface area contributed by atoms with Gasteiger partial charge in [0, 0.05) is 5.56 Å². The molecule has 3 heteroatoms. The fourth-order valence-electron chi connectivity index (χ4n) is 0.787. The molecule has 0 aliphatic rings. The normalized spacial score (nSPS) is 10.5. The Labute approximate surface area is 68.3 Å². The molecule has 0 saturated carbocycles. The average molecular weight is 167 g/mol. The van der Waals surface area contributed by atoms with Gasteiger partial charge in [-0.25, -0.2) is 8.78 Å². The predicted molar refractivity (Wildman–Crippen MR) is 41.1 cm³/mol. The van der Waals surface area contributed by atoms with E-state index in [1.54, 1.807) is 0 Å². The van der Waals surface area contributed by atoms with Crippen LogP contribution in [0.15, 0.2) is 24.3 Å². The zero-order chi connectivity index (χ0) is 8.97. The fourth-order valence-corrected chi connectivity index (χ4v) is 0.787. The molecule has 0 aliphatic carbocycles. The summed E-state index contributed by atoms with van der Waals surface area (Å²) in [4.78, 5) is 9.74. The highest BCUT2D eigenvalue weighted by Gasteiger charge is 2.03. The highest BCUT2D eigenvalue weighted by molar-refractivity contribution is 5.74. The summed E-state index contributed by atoms with van der Waals surface area (Å²) in [6.07, 6.45) is 3.36. The van der Waals surface area contributed by atoms with E-state index in [0.717, 1.165) is 24.3 Å². The lowest BCUT2D eigenvalue weighted by molar-refractivity contribution is 0.564. The lowest BCUT2D eigenvalue weighted by Gasteiger charge is -1.96. The second-order valence-corrected chi connectivity index (χ2v) is 2.09. The first-order chi connectivity index (χ1) is 5.75. The Balaban J connectivity index is 3.12. The molecule has 1 rings (SSSR count). The van der Waals surface area contributed by atoms with Crippen LogP contribution in [0.3, 0.4) is 0 Å². The van der Waals surface area contributed by atoms with Crippen molar-refractivity contribution in [3.8, 4) is 0 Å². The minimum atomic E-state index is -0.693. The molecule has 0 aliphatic heterocycles. The summed E-state index contributed by atoms with van der Waals surface area (Å²) < 4.78 is 25.5. The minimum absolute atomic E-state index is 0.221. The van der Waals surface area contributed by atoms with Crippen molar-refractivity contribution in [3.05, 3.63) is 41.5 Å². The number of carbonyl (C=O) groups excluding carboxylic acids is 1. The zero-order valence-corrected chi connectivity index (χ0v) is 6.05. The van der Waals surface area contributed by atoms with E-state index in [1.807, 2.05) is 0 Å². The van der Waals surface area contributed by atoms with Crippen LogP contribution in [0.1, 0.15) is 5.56 Å². The summed E-state index contributed by atoms with van der Waals surface area (Å²) >= 11 is 0. The van der Waals surface area contributed by atoms with E-state index in [1.165, 1.54) is 12.4 Å². The summed E-state index contributed by atoms with van der Waals surface area (Å²) in [5.74, 6) is -1.39. The third kappa shape index (κ3) is 1.75. The first kappa shape index (κ1) is 8.59. The van der Waals surface area contributed by atoms with Crippen LogP contribution in [-0.4, -0.2) is 6.29 Å². The predicted octanol–water partition coefficient (Wildman–Crippen LogP) is 2.09. The lowest BCUT2D eigenvalue weighted by Crippen LogP contribution is -1.86. The molecule has 0 atom stereocenters. The first-order valence-corrected chi connectivity index (χ1v) is 3.24. The van der Waals surface area contributed by atoms with Crippen molar-refractivity contribution >= 4 is 12.4 Å². The van der Waals surface area contributed by atoms with Gasteiger partial charge in [0.2, 0.25) is 6.29 Å². The summed E-state index contributed by atoms with van der Waals surface area (Å²) in [5, 5.41) is 0. The molecular weight excluding hydrogens is 162 g/mol. The van der Waals surface area contributed by atoms with E-state index in [9.17, 15) is 13.6 Å². The Morgan fingerprint density at radius 1 is 1.25 bits per heavy atom. The van der Waals surface area contributed by atoms with Crippen LogP contribution in [0.4, 0.5) is 8.78 Å². The first-order valence-electron chi connectivity index (χ1n) is 3.24. The van der Waals surface area contributed by atoms with Crippen molar-refractivity contribution in [2.24, 2.45) is 0 Å². The molecule has 1 nitrogen and oxygen atoms in total. The van der Waals surface area contributed by atoms with E-state index in [2.05, 4.69) is 0 Å². The Morgan fingerprint density at radius 2 is 1.83 bits per heavy atom. The molecule has 0 bridgehead atoms. The second-order valence-electron chi connectivity index (χ2n) is 2.09. The minimum Gasteiger partial charge on any atom is -0.286 e. The van der Waals surface area contributed by atoms with E-state index in [4.69, 9.17) is 0 Å². The lowest BCUT2D eigenvalue weighted by atomic mass is 10.2. The molecule has 12 heavy (non-hydrogen) atoms. The van der Waals surface area contributed by atoms with Crippen molar-refractivity contribution < 1.29 is 13.6 Å². The molecule has 0 amide bonds. The quantitative estimate of drug-likeness (QED) is 0.616. The third-order valence-corrected chi connectivity index (χ3v) is 1.32. The Hall–Kier alpha value is -1.51. The molecule has 1 aromatic carbocycles. The molecule has 0 aromatic heterocycles. The van der Waals surface area contributed by atoms with Gasteiger partial charge in [0.25, 0.3) is 0 Å². The summed E-state index contributed by atoms with van der Waals surface area (Å²) in [7, 11) is 0. The number of hydrogen-bond acceptors (Lipinski definition) is 1. The van der Waals surface area contributed by atoms with Gasteiger partial charge in [0.15, 0.2) is 0 Å². The second kappa shape index (κ2) is 3.76. The standard InChI is InChI=1S/C9H5F2O/c10-8-4-1-5-9(11)7(8)3-2-6-12/h1-5H. The van der Waals surface area contributed by atoms with E-state index >= 15 is 0 Å². The van der Waals surface area contributed by atoms with E-state index < -0.39 is 11.6 Å². The third-order valence-electron chi connectivity index (χ3n) is 1.32. The Morgan fingerprint density at radius 3 is 2.33 bits per heavy atom. The number of hydrogen-bond donors (Lipinski definition) is 0. The Kier molecular flexibility index (Phi) is 2.69. The number of allylic oxidation sites excluding steroid dienone is 1. The summed E-state index contributed by atoms with van der Waals surface area (Å²) in [6.45, 7) is 0. The van der Waals surface area contributed by atoms with Crippen molar-refractivity contribution in [2.45, 2.75) is 0 Å². The summed E-state index contributed by atoms with van der Waals surface area (Å²) in [5.41, 5.74) is -0.221. The van der Waals surface area contributed by atoms with Crippen LogP contribution in [0.25, 0.3) is 6.08 Å². The highest BCUT2D eigenvalue weighted by Crippen LogP contribution is 2.12. The monoisotopic (exact) mass is 167 g/mol. The molecular formula is C9H5F2O. The smallest absolute Gasteiger partial charge is 0.225 e. The van der Waals surface area contributed by atoms with Gasteiger partial charge >= 0.3 is 0 Å². The zero-order valence-electron chi connectivity index (χ0n) is 6.05. The Bertz CT molecular complexity index is 298. The van der Waals surface area contributed by atoms with Crippen molar-refractivity contribution in [1.82, 2.24) is 0 Å². The van der Waals surface area contributed by atoms with Gasteiger partial charge in [-0.3, -0.25) is 4.79 Å².